The third-order valence-electron chi connectivity index (χ3n) is 1.81. The van der Waals surface area contributed by atoms with E-state index in [2.05, 4.69) is 9.97 Å². The first-order chi connectivity index (χ1) is 7.17. The second-order valence-electron chi connectivity index (χ2n) is 2.91. The number of rotatable bonds is 5. The standard InChI is InChI=1S/C9H12N4O2/c1-2-13(5-8(10)15)9-11-3-7(6-14)4-12-9/h3-4,6H,2,5H2,1H3,(H2,10,15). The number of aromatic nitrogens is 2. The molecule has 0 radical (unpaired) electrons. The highest BCUT2D eigenvalue weighted by molar-refractivity contribution is 5.79. The Kier molecular flexibility index (Phi) is 3.73. The number of primary amides is 1. The fourth-order valence-corrected chi connectivity index (χ4v) is 1.07. The van der Waals surface area contributed by atoms with Gasteiger partial charge in [-0.3, -0.25) is 9.59 Å². The third kappa shape index (κ3) is 3.01. The number of nitrogens with two attached hydrogens (primary N) is 1. The van der Waals surface area contributed by atoms with Crippen LogP contribution in [0.5, 0.6) is 0 Å². The summed E-state index contributed by atoms with van der Waals surface area (Å²) in [4.78, 5) is 30.6. The molecule has 0 aliphatic carbocycles. The zero-order valence-corrected chi connectivity index (χ0v) is 8.38. The highest BCUT2D eigenvalue weighted by atomic mass is 16.1. The van der Waals surface area contributed by atoms with Gasteiger partial charge in [0, 0.05) is 18.9 Å². The second-order valence-corrected chi connectivity index (χ2v) is 2.91. The minimum absolute atomic E-state index is 0.0664. The van der Waals surface area contributed by atoms with Crippen LogP contribution in [-0.4, -0.2) is 35.3 Å². The number of carbonyl (C=O) groups is 2. The first-order valence-corrected chi connectivity index (χ1v) is 4.47. The van der Waals surface area contributed by atoms with Gasteiger partial charge in [-0.1, -0.05) is 0 Å². The van der Waals surface area contributed by atoms with Gasteiger partial charge in [-0.05, 0) is 6.92 Å². The average Bonchev–Trinajstić information content (AvgIpc) is 2.26. The van der Waals surface area contributed by atoms with Crippen molar-refractivity contribution in [2.24, 2.45) is 5.73 Å². The summed E-state index contributed by atoms with van der Waals surface area (Å²) in [7, 11) is 0. The van der Waals surface area contributed by atoms with Gasteiger partial charge in [0.2, 0.25) is 11.9 Å². The van der Waals surface area contributed by atoms with Gasteiger partial charge in [0.05, 0.1) is 12.1 Å². The first-order valence-electron chi connectivity index (χ1n) is 4.47. The van der Waals surface area contributed by atoms with Crippen molar-refractivity contribution >= 4 is 18.1 Å². The number of likely N-dealkylation sites (N-methyl/N-ethyl adjacent to an activating group) is 1. The minimum atomic E-state index is -0.445. The summed E-state index contributed by atoms with van der Waals surface area (Å²) in [6.07, 6.45) is 3.46. The molecule has 1 aromatic rings. The lowest BCUT2D eigenvalue weighted by molar-refractivity contribution is -0.116. The van der Waals surface area contributed by atoms with Crippen LogP contribution in [0, 0.1) is 0 Å². The monoisotopic (exact) mass is 208 g/mol. The van der Waals surface area contributed by atoms with Crippen LogP contribution in [0.3, 0.4) is 0 Å². The molecular weight excluding hydrogens is 196 g/mol. The Labute approximate surface area is 87.1 Å². The van der Waals surface area contributed by atoms with Crippen molar-refractivity contribution in [2.45, 2.75) is 6.92 Å². The molecule has 0 saturated heterocycles. The quantitative estimate of drug-likeness (QED) is 0.665. The zero-order chi connectivity index (χ0) is 11.3. The Morgan fingerprint density at radius 1 is 1.53 bits per heavy atom. The Hall–Kier alpha value is -1.98. The molecular formula is C9H12N4O2. The fourth-order valence-electron chi connectivity index (χ4n) is 1.07. The van der Waals surface area contributed by atoms with E-state index in [0.29, 0.717) is 24.3 Å². The zero-order valence-electron chi connectivity index (χ0n) is 8.38. The first kappa shape index (κ1) is 11.1. The van der Waals surface area contributed by atoms with E-state index in [1.54, 1.807) is 4.90 Å². The molecule has 6 heteroatoms. The van der Waals surface area contributed by atoms with E-state index in [0.717, 1.165) is 0 Å². The summed E-state index contributed by atoms with van der Waals surface area (Å²) in [6.45, 7) is 2.50. The van der Waals surface area contributed by atoms with Crippen molar-refractivity contribution in [3.05, 3.63) is 18.0 Å². The van der Waals surface area contributed by atoms with Crippen LogP contribution in [0.4, 0.5) is 5.95 Å². The SMILES string of the molecule is CCN(CC(N)=O)c1ncc(C=O)cn1. The summed E-state index contributed by atoms with van der Waals surface area (Å²) >= 11 is 0. The lowest BCUT2D eigenvalue weighted by Crippen LogP contribution is -2.34. The molecule has 0 aliphatic heterocycles. The Bertz CT molecular complexity index is 350. The van der Waals surface area contributed by atoms with Crippen LogP contribution >= 0.6 is 0 Å². The molecule has 0 saturated carbocycles. The number of amides is 1. The van der Waals surface area contributed by atoms with Crippen molar-refractivity contribution < 1.29 is 9.59 Å². The van der Waals surface area contributed by atoms with Crippen molar-refractivity contribution in [1.82, 2.24) is 9.97 Å². The highest BCUT2D eigenvalue weighted by Crippen LogP contribution is 2.05. The van der Waals surface area contributed by atoms with Crippen LogP contribution in [0.15, 0.2) is 12.4 Å². The van der Waals surface area contributed by atoms with Gasteiger partial charge < -0.3 is 10.6 Å². The molecule has 1 heterocycles. The molecule has 2 N–H and O–H groups in total. The maximum Gasteiger partial charge on any atom is 0.237 e. The van der Waals surface area contributed by atoms with Crippen molar-refractivity contribution in [3.8, 4) is 0 Å². The fraction of sp³-hybridized carbons (Fsp3) is 0.333. The molecule has 0 atom stereocenters. The van der Waals surface area contributed by atoms with E-state index < -0.39 is 5.91 Å². The Morgan fingerprint density at radius 2 is 2.13 bits per heavy atom. The van der Waals surface area contributed by atoms with E-state index in [-0.39, 0.29) is 6.54 Å². The van der Waals surface area contributed by atoms with Crippen LogP contribution in [0.25, 0.3) is 0 Å². The maximum absolute atomic E-state index is 10.7. The van der Waals surface area contributed by atoms with E-state index in [4.69, 9.17) is 5.73 Å². The van der Waals surface area contributed by atoms with Gasteiger partial charge in [0.1, 0.15) is 0 Å². The Balaban J connectivity index is 2.82. The molecule has 0 aromatic carbocycles. The van der Waals surface area contributed by atoms with E-state index in [9.17, 15) is 9.59 Å². The normalized spacial score (nSPS) is 9.67. The van der Waals surface area contributed by atoms with E-state index in [1.807, 2.05) is 6.92 Å². The lowest BCUT2D eigenvalue weighted by Gasteiger charge is -2.18. The molecule has 0 fully saturated rings. The van der Waals surface area contributed by atoms with E-state index in [1.165, 1.54) is 12.4 Å². The summed E-state index contributed by atoms with van der Waals surface area (Å²) in [5, 5.41) is 0. The molecule has 0 aliphatic rings. The van der Waals surface area contributed by atoms with Crippen molar-refractivity contribution in [3.63, 3.8) is 0 Å². The van der Waals surface area contributed by atoms with Gasteiger partial charge in [-0.25, -0.2) is 9.97 Å². The summed E-state index contributed by atoms with van der Waals surface area (Å²) < 4.78 is 0. The van der Waals surface area contributed by atoms with Gasteiger partial charge in [-0.15, -0.1) is 0 Å². The van der Waals surface area contributed by atoms with Gasteiger partial charge in [-0.2, -0.15) is 0 Å². The number of carbonyl (C=O) groups excluding carboxylic acids is 2. The van der Waals surface area contributed by atoms with Crippen LogP contribution in [0.2, 0.25) is 0 Å². The van der Waals surface area contributed by atoms with Crippen molar-refractivity contribution in [1.29, 1.82) is 0 Å². The van der Waals surface area contributed by atoms with E-state index >= 15 is 0 Å². The number of aldehydes is 1. The second kappa shape index (κ2) is 5.04. The van der Waals surface area contributed by atoms with Crippen LogP contribution in [0.1, 0.15) is 17.3 Å². The summed E-state index contributed by atoms with van der Waals surface area (Å²) in [5.41, 5.74) is 5.47. The molecule has 1 aromatic heterocycles. The predicted molar refractivity (Wildman–Crippen MR) is 54.5 cm³/mol. The van der Waals surface area contributed by atoms with Crippen LogP contribution in [-0.2, 0) is 4.79 Å². The molecule has 6 nitrogen and oxygen atoms in total. The molecule has 15 heavy (non-hydrogen) atoms. The number of nitrogens with zero attached hydrogens (tertiary/aromatic N) is 3. The number of anilines is 1. The lowest BCUT2D eigenvalue weighted by atomic mass is 10.4. The number of hydrogen-bond donors (Lipinski definition) is 1. The highest BCUT2D eigenvalue weighted by Gasteiger charge is 2.09. The summed E-state index contributed by atoms with van der Waals surface area (Å²) in [6, 6.07) is 0. The Morgan fingerprint density at radius 3 is 2.53 bits per heavy atom. The van der Waals surface area contributed by atoms with Crippen molar-refractivity contribution in [2.75, 3.05) is 18.0 Å². The molecule has 0 bridgehead atoms. The third-order valence-corrected chi connectivity index (χ3v) is 1.81. The largest absolute Gasteiger partial charge is 0.368 e. The topological polar surface area (TPSA) is 89.2 Å². The van der Waals surface area contributed by atoms with Crippen LogP contribution < -0.4 is 10.6 Å². The van der Waals surface area contributed by atoms with Gasteiger partial charge in [0.15, 0.2) is 6.29 Å². The molecule has 0 spiro atoms. The summed E-state index contributed by atoms with van der Waals surface area (Å²) in [5.74, 6) is -0.0539. The maximum atomic E-state index is 10.7. The molecule has 1 amide bonds. The molecule has 1 rings (SSSR count). The van der Waals surface area contributed by atoms with Gasteiger partial charge in [0.25, 0.3) is 0 Å². The predicted octanol–water partition coefficient (Wildman–Crippen LogP) is -0.399. The minimum Gasteiger partial charge on any atom is -0.368 e. The number of hydrogen-bond acceptors (Lipinski definition) is 5. The smallest absolute Gasteiger partial charge is 0.237 e. The molecule has 0 unspecified atom stereocenters. The van der Waals surface area contributed by atoms with Gasteiger partial charge >= 0.3 is 0 Å². The molecule has 80 valence electrons. The average molecular weight is 208 g/mol.